The molecule has 0 aromatic carbocycles. The number of carbonyl (C=O) groups excluding carboxylic acids is 1. The van der Waals surface area contributed by atoms with E-state index in [0.29, 0.717) is 12.3 Å². The molecule has 0 heterocycles. The molecule has 0 fully saturated rings. The Bertz CT molecular complexity index is 112. The Morgan fingerprint density at radius 3 is 2.55 bits per heavy atom. The standard InChI is InChI=1S/C9H19NO/c1-4-5-8(2)6-7-9(11)10-3/h8H,4-7H2,1-3H3,(H,10,11). The van der Waals surface area contributed by atoms with Gasteiger partial charge < -0.3 is 5.32 Å². The van der Waals surface area contributed by atoms with Gasteiger partial charge in [0.2, 0.25) is 5.91 Å². The molecule has 0 aliphatic rings. The fourth-order valence-electron chi connectivity index (χ4n) is 1.14. The highest BCUT2D eigenvalue weighted by Crippen LogP contribution is 2.11. The number of amides is 1. The second-order valence-corrected chi connectivity index (χ2v) is 3.11. The fraction of sp³-hybridized carbons (Fsp3) is 0.889. The van der Waals surface area contributed by atoms with Gasteiger partial charge in [-0.05, 0) is 12.3 Å². The molecule has 0 saturated heterocycles. The first kappa shape index (κ1) is 10.5. The summed E-state index contributed by atoms with van der Waals surface area (Å²) in [6.07, 6.45) is 4.15. The molecule has 0 spiro atoms. The highest BCUT2D eigenvalue weighted by atomic mass is 16.1. The van der Waals surface area contributed by atoms with Crippen LogP contribution in [0.2, 0.25) is 0 Å². The van der Waals surface area contributed by atoms with E-state index in [2.05, 4.69) is 19.2 Å². The van der Waals surface area contributed by atoms with Crippen LogP contribution in [0.4, 0.5) is 0 Å². The minimum Gasteiger partial charge on any atom is -0.359 e. The Morgan fingerprint density at radius 2 is 2.09 bits per heavy atom. The van der Waals surface area contributed by atoms with E-state index < -0.39 is 0 Å². The molecule has 0 aromatic rings. The molecule has 0 bridgehead atoms. The Kier molecular flexibility index (Phi) is 5.90. The van der Waals surface area contributed by atoms with Crippen molar-refractivity contribution in [3.05, 3.63) is 0 Å². The van der Waals surface area contributed by atoms with Crippen molar-refractivity contribution in [2.24, 2.45) is 5.92 Å². The highest BCUT2D eigenvalue weighted by Gasteiger charge is 2.03. The summed E-state index contributed by atoms with van der Waals surface area (Å²) in [5, 5.41) is 2.62. The van der Waals surface area contributed by atoms with Gasteiger partial charge in [0.25, 0.3) is 0 Å². The van der Waals surface area contributed by atoms with Crippen LogP contribution in [0.15, 0.2) is 0 Å². The average Bonchev–Trinajstić information content (AvgIpc) is 2.01. The zero-order valence-corrected chi connectivity index (χ0v) is 7.81. The molecule has 2 nitrogen and oxygen atoms in total. The molecule has 11 heavy (non-hydrogen) atoms. The molecule has 0 rings (SSSR count). The fourth-order valence-corrected chi connectivity index (χ4v) is 1.14. The molecule has 1 unspecified atom stereocenters. The van der Waals surface area contributed by atoms with Crippen LogP contribution in [-0.2, 0) is 4.79 Å². The van der Waals surface area contributed by atoms with E-state index in [1.165, 1.54) is 12.8 Å². The monoisotopic (exact) mass is 157 g/mol. The van der Waals surface area contributed by atoms with E-state index in [9.17, 15) is 4.79 Å². The van der Waals surface area contributed by atoms with Gasteiger partial charge in [0.05, 0.1) is 0 Å². The number of rotatable bonds is 5. The third-order valence-electron chi connectivity index (χ3n) is 1.92. The lowest BCUT2D eigenvalue weighted by Crippen LogP contribution is -2.18. The molecular formula is C9H19NO. The van der Waals surface area contributed by atoms with Gasteiger partial charge in [-0.2, -0.15) is 0 Å². The van der Waals surface area contributed by atoms with Crippen LogP contribution in [0.5, 0.6) is 0 Å². The van der Waals surface area contributed by atoms with Gasteiger partial charge in [0, 0.05) is 13.5 Å². The van der Waals surface area contributed by atoms with Crippen LogP contribution in [0, 0.1) is 5.92 Å². The summed E-state index contributed by atoms with van der Waals surface area (Å²) in [4.78, 5) is 10.8. The molecule has 0 radical (unpaired) electrons. The van der Waals surface area contributed by atoms with Gasteiger partial charge >= 0.3 is 0 Å². The maximum Gasteiger partial charge on any atom is 0.219 e. The molecule has 1 atom stereocenters. The van der Waals surface area contributed by atoms with Gasteiger partial charge in [-0.3, -0.25) is 4.79 Å². The maximum absolute atomic E-state index is 10.8. The minimum atomic E-state index is 0.160. The van der Waals surface area contributed by atoms with E-state index in [0.717, 1.165) is 6.42 Å². The SMILES string of the molecule is CCCC(C)CCC(=O)NC. The highest BCUT2D eigenvalue weighted by molar-refractivity contribution is 5.75. The van der Waals surface area contributed by atoms with Crippen molar-refractivity contribution in [1.29, 1.82) is 0 Å². The molecule has 0 saturated carbocycles. The number of carbonyl (C=O) groups is 1. The topological polar surface area (TPSA) is 29.1 Å². The van der Waals surface area contributed by atoms with Crippen LogP contribution < -0.4 is 5.32 Å². The van der Waals surface area contributed by atoms with Crippen molar-refractivity contribution in [2.75, 3.05) is 7.05 Å². The Morgan fingerprint density at radius 1 is 1.45 bits per heavy atom. The lowest BCUT2D eigenvalue weighted by molar-refractivity contribution is -0.120. The quantitative estimate of drug-likeness (QED) is 0.649. The summed E-state index contributed by atoms with van der Waals surface area (Å²) < 4.78 is 0. The summed E-state index contributed by atoms with van der Waals surface area (Å²) in [5.41, 5.74) is 0. The molecule has 1 amide bonds. The van der Waals surface area contributed by atoms with Crippen LogP contribution in [-0.4, -0.2) is 13.0 Å². The van der Waals surface area contributed by atoms with Crippen LogP contribution >= 0.6 is 0 Å². The molecule has 1 N–H and O–H groups in total. The lowest BCUT2D eigenvalue weighted by atomic mass is 10.0. The molecule has 0 aliphatic heterocycles. The summed E-state index contributed by atoms with van der Waals surface area (Å²) in [7, 11) is 1.69. The smallest absolute Gasteiger partial charge is 0.219 e. The normalized spacial score (nSPS) is 12.6. The van der Waals surface area contributed by atoms with E-state index >= 15 is 0 Å². The predicted octanol–water partition coefficient (Wildman–Crippen LogP) is 1.95. The first-order valence-corrected chi connectivity index (χ1v) is 4.41. The first-order valence-electron chi connectivity index (χ1n) is 4.41. The van der Waals surface area contributed by atoms with Crippen LogP contribution in [0.3, 0.4) is 0 Å². The van der Waals surface area contributed by atoms with E-state index in [-0.39, 0.29) is 5.91 Å². The van der Waals surface area contributed by atoms with Crippen molar-refractivity contribution in [1.82, 2.24) is 5.32 Å². The van der Waals surface area contributed by atoms with Crippen LogP contribution in [0.1, 0.15) is 39.5 Å². The second-order valence-electron chi connectivity index (χ2n) is 3.11. The van der Waals surface area contributed by atoms with Gasteiger partial charge in [0.1, 0.15) is 0 Å². The minimum absolute atomic E-state index is 0.160. The zero-order valence-electron chi connectivity index (χ0n) is 7.81. The molecule has 2 heteroatoms. The van der Waals surface area contributed by atoms with Gasteiger partial charge in [-0.1, -0.05) is 26.7 Å². The maximum atomic E-state index is 10.8. The van der Waals surface area contributed by atoms with E-state index in [4.69, 9.17) is 0 Å². The summed E-state index contributed by atoms with van der Waals surface area (Å²) in [5.74, 6) is 0.852. The number of hydrogen-bond donors (Lipinski definition) is 1. The molecule has 0 aliphatic carbocycles. The van der Waals surface area contributed by atoms with Gasteiger partial charge in [-0.15, -0.1) is 0 Å². The van der Waals surface area contributed by atoms with Crippen molar-refractivity contribution in [3.8, 4) is 0 Å². The molecule has 66 valence electrons. The van der Waals surface area contributed by atoms with Crippen molar-refractivity contribution >= 4 is 5.91 Å². The second kappa shape index (κ2) is 6.20. The molecule has 0 aromatic heterocycles. The zero-order chi connectivity index (χ0) is 8.69. The Balaban J connectivity index is 3.29. The summed E-state index contributed by atoms with van der Waals surface area (Å²) in [6.45, 7) is 4.38. The Labute approximate surface area is 69.4 Å². The number of nitrogens with one attached hydrogen (secondary N) is 1. The third-order valence-corrected chi connectivity index (χ3v) is 1.92. The van der Waals surface area contributed by atoms with E-state index in [1.807, 2.05) is 0 Å². The van der Waals surface area contributed by atoms with Crippen LogP contribution in [0.25, 0.3) is 0 Å². The largest absolute Gasteiger partial charge is 0.359 e. The van der Waals surface area contributed by atoms with Crippen molar-refractivity contribution in [3.63, 3.8) is 0 Å². The van der Waals surface area contributed by atoms with E-state index in [1.54, 1.807) is 7.05 Å². The average molecular weight is 157 g/mol. The predicted molar refractivity (Wildman–Crippen MR) is 47.4 cm³/mol. The summed E-state index contributed by atoms with van der Waals surface area (Å²) >= 11 is 0. The number of hydrogen-bond acceptors (Lipinski definition) is 1. The van der Waals surface area contributed by atoms with Gasteiger partial charge in [-0.25, -0.2) is 0 Å². The Hall–Kier alpha value is -0.530. The van der Waals surface area contributed by atoms with Crippen molar-refractivity contribution in [2.45, 2.75) is 39.5 Å². The first-order chi connectivity index (χ1) is 5.20. The van der Waals surface area contributed by atoms with Gasteiger partial charge in [0.15, 0.2) is 0 Å². The molecular weight excluding hydrogens is 138 g/mol. The summed E-state index contributed by atoms with van der Waals surface area (Å²) in [6, 6.07) is 0. The third kappa shape index (κ3) is 5.89. The lowest BCUT2D eigenvalue weighted by Gasteiger charge is -2.07. The van der Waals surface area contributed by atoms with Crippen molar-refractivity contribution < 1.29 is 4.79 Å².